The minimum absolute atomic E-state index is 0.144. The van der Waals surface area contributed by atoms with E-state index in [1.54, 1.807) is 0 Å². The van der Waals surface area contributed by atoms with E-state index in [9.17, 15) is 10.2 Å². The Kier molecular flexibility index (Phi) is 5.53. The minimum atomic E-state index is -0.280. The van der Waals surface area contributed by atoms with Gasteiger partial charge in [-0.3, -0.25) is 0 Å². The molecule has 2 rings (SSSR count). The Hall–Kier alpha value is -0.0800. The third-order valence-corrected chi connectivity index (χ3v) is 5.60. The Morgan fingerprint density at radius 3 is 2.00 bits per heavy atom. The van der Waals surface area contributed by atoms with Crippen molar-refractivity contribution in [3.63, 3.8) is 0 Å². The highest BCUT2D eigenvalue weighted by atomic mass is 16.3. The first-order valence-electron chi connectivity index (χ1n) is 8.76. The number of aliphatic hydroxyl groups excluding tert-OH is 2. The summed E-state index contributed by atoms with van der Waals surface area (Å²) in [6.45, 7) is 8.95. The molecule has 0 heterocycles. The summed E-state index contributed by atoms with van der Waals surface area (Å²) in [6, 6.07) is 0. The van der Waals surface area contributed by atoms with Gasteiger partial charge in [0.25, 0.3) is 0 Å². The van der Waals surface area contributed by atoms with Crippen molar-refractivity contribution in [2.24, 2.45) is 35.5 Å². The molecule has 0 aromatic rings. The standard InChI is InChI=1S/C18H34O2/c1-11(2)8-14-7-5-6-13-10-15(9-12(3)4)18(20)16(13)17(14)19/h11-20H,5-10H2,1-4H3/t13?,14-,15-,16?,17?,18?/m1/s1. The summed E-state index contributed by atoms with van der Waals surface area (Å²) in [4.78, 5) is 0. The molecule has 0 aliphatic heterocycles. The van der Waals surface area contributed by atoms with E-state index in [2.05, 4.69) is 27.7 Å². The van der Waals surface area contributed by atoms with E-state index >= 15 is 0 Å². The Morgan fingerprint density at radius 2 is 1.40 bits per heavy atom. The van der Waals surface area contributed by atoms with Crippen molar-refractivity contribution in [1.29, 1.82) is 0 Å². The van der Waals surface area contributed by atoms with Crippen LogP contribution in [0.1, 0.15) is 66.2 Å². The highest BCUT2D eigenvalue weighted by Crippen LogP contribution is 2.48. The molecule has 2 saturated carbocycles. The van der Waals surface area contributed by atoms with E-state index in [0.717, 1.165) is 25.7 Å². The van der Waals surface area contributed by atoms with Crippen molar-refractivity contribution >= 4 is 0 Å². The fraction of sp³-hybridized carbons (Fsp3) is 1.00. The average Bonchev–Trinajstić information content (AvgIpc) is 2.54. The number of rotatable bonds is 4. The first kappa shape index (κ1) is 16.3. The maximum absolute atomic E-state index is 10.8. The van der Waals surface area contributed by atoms with Crippen molar-refractivity contribution in [2.75, 3.05) is 0 Å². The number of fused-ring (bicyclic) bond motifs is 1. The SMILES string of the molecule is CC(C)C[C@H]1CCCC2C[C@@H](CC(C)C)C(O)C2C1O. The normalized spacial score (nSPS) is 42.0. The summed E-state index contributed by atoms with van der Waals surface area (Å²) >= 11 is 0. The molecule has 0 aromatic carbocycles. The minimum Gasteiger partial charge on any atom is -0.392 e. The zero-order chi connectivity index (χ0) is 14.9. The maximum atomic E-state index is 10.8. The van der Waals surface area contributed by atoms with Crippen LogP contribution in [0.15, 0.2) is 0 Å². The van der Waals surface area contributed by atoms with Crippen LogP contribution in [0.5, 0.6) is 0 Å². The molecule has 118 valence electrons. The van der Waals surface area contributed by atoms with E-state index < -0.39 is 0 Å². The molecule has 6 atom stereocenters. The van der Waals surface area contributed by atoms with Gasteiger partial charge in [-0.15, -0.1) is 0 Å². The smallest absolute Gasteiger partial charge is 0.0624 e. The zero-order valence-corrected chi connectivity index (χ0v) is 13.8. The maximum Gasteiger partial charge on any atom is 0.0624 e. The van der Waals surface area contributed by atoms with Crippen LogP contribution in [-0.2, 0) is 0 Å². The molecule has 2 aliphatic rings. The van der Waals surface area contributed by atoms with Gasteiger partial charge < -0.3 is 10.2 Å². The molecule has 2 heteroatoms. The largest absolute Gasteiger partial charge is 0.392 e. The third-order valence-electron chi connectivity index (χ3n) is 5.60. The molecule has 0 spiro atoms. The fourth-order valence-corrected chi connectivity index (χ4v) is 4.90. The lowest BCUT2D eigenvalue weighted by atomic mass is 9.80. The van der Waals surface area contributed by atoms with Crippen molar-refractivity contribution in [3.05, 3.63) is 0 Å². The monoisotopic (exact) mass is 282 g/mol. The van der Waals surface area contributed by atoms with Gasteiger partial charge in [0.15, 0.2) is 0 Å². The first-order valence-corrected chi connectivity index (χ1v) is 8.76. The number of hydrogen-bond acceptors (Lipinski definition) is 2. The van der Waals surface area contributed by atoms with E-state index in [-0.39, 0.29) is 18.1 Å². The summed E-state index contributed by atoms with van der Waals surface area (Å²) in [6.07, 6.45) is 6.38. The summed E-state index contributed by atoms with van der Waals surface area (Å²) in [7, 11) is 0. The van der Waals surface area contributed by atoms with Crippen LogP contribution in [0, 0.1) is 35.5 Å². The van der Waals surface area contributed by atoms with E-state index in [1.165, 1.54) is 12.8 Å². The lowest BCUT2D eigenvalue weighted by molar-refractivity contribution is -0.0305. The second-order valence-electron chi connectivity index (χ2n) is 8.26. The Morgan fingerprint density at radius 1 is 0.850 bits per heavy atom. The average molecular weight is 282 g/mol. The van der Waals surface area contributed by atoms with Gasteiger partial charge in [0, 0.05) is 5.92 Å². The topological polar surface area (TPSA) is 40.5 Å². The highest BCUT2D eigenvalue weighted by Gasteiger charge is 2.48. The van der Waals surface area contributed by atoms with Crippen LogP contribution in [-0.4, -0.2) is 22.4 Å². The lowest BCUT2D eigenvalue weighted by Gasteiger charge is -2.31. The second kappa shape index (κ2) is 6.79. The van der Waals surface area contributed by atoms with Crippen molar-refractivity contribution in [1.82, 2.24) is 0 Å². The van der Waals surface area contributed by atoms with Crippen LogP contribution in [0.3, 0.4) is 0 Å². The first-order chi connectivity index (χ1) is 9.40. The van der Waals surface area contributed by atoms with E-state index in [4.69, 9.17) is 0 Å². The predicted octanol–water partition coefficient (Wildman–Crippen LogP) is 3.85. The van der Waals surface area contributed by atoms with Crippen molar-refractivity contribution < 1.29 is 10.2 Å². The lowest BCUT2D eigenvalue weighted by Crippen LogP contribution is -2.37. The molecule has 2 nitrogen and oxygen atoms in total. The molecule has 0 saturated heterocycles. The van der Waals surface area contributed by atoms with Gasteiger partial charge in [-0.05, 0) is 61.7 Å². The van der Waals surface area contributed by atoms with Crippen LogP contribution in [0.4, 0.5) is 0 Å². The molecule has 0 radical (unpaired) electrons. The van der Waals surface area contributed by atoms with Crippen molar-refractivity contribution in [3.8, 4) is 0 Å². The highest BCUT2D eigenvalue weighted by molar-refractivity contribution is 4.98. The number of hydrogen-bond donors (Lipinski definition) is 2. The molecule has 0 aromatic heterocycles. The van der Waals surface area contributed by atoms with E-state index in [1.807, 2.05) is 0 Å². The van der Waals surface area contributed by atoms with Gasteiger partial charge >= 0.3 is 0 Å². The molecule has 4 unspecified atom stereocenters. The predicted molar refractivity (Wildman–Crippen MR) is 83.4 cm³/mol. The number of aliphatic hydroxyl groups is 2. The molecule has 2 N–H and O–H groups in total. The Labute approximate surface area is 125 Å². The van der Waals surface area contributed by atoms with Gasteiger partial charge in [-0.2, -0.15) is 0 Å². The molecular weight excluding hydrogens is 248 g/mol. The second-order valence-corrected chi connectivity index (χ2v) is 8.26. The van der Waals surface area contributed by atoms with Crippen molar-refractivity contribution in [2.45, 2.75) is 78.4 Å². The molecule has 0 bridgehead atoms. The molecule has 2 fully saturated rings. The van der Waals surface area contributed by atoms with E-state index in [0.29, 0.717) is 29.6 Å². The van der Waals surface area contributed by atoms with Crippen LogP contribution >= 0.6 is 0 Å². The molecule has 20 heavy (non-hydrogen) atoms. The fourth-order valence-electron chi connectivity index (χ4n) is 4.90. The summed E-state index contributed by atoms with van der Waals surface area (Å²) < 4.78 is 0. The quantitative estimate of drug-likeness (QED) is 0.822. The van der Waals surface area contributed by atoms with Gasteiger partial charge in [0.05, 0.1) is 12.2 Å². The Balaban J connectivity index is 2.07. The van der Waals surface area contributed by atoms with Crippen LogP contribution in [0.25, 0.3) is 0 Å². The molecule has 2 aliphatic carbocycles. The van der Waals surface area contributed by atoms with Gasteiger partial charge in [-0.25, -0.2) is 0 Å². The third kappa shape index (κ3) is 3.57. The van der Waals surface area contributed by atoms with Gasteiger partial charge in [0.1, 0.15) is 0 Å². The zero-order valence-electron chi connectivity index (χ0n) is 13.8. The van der Waals surface area contributed by atoms with Gasteiger partial charge in [-0.1, -0.05) is 34.1 Å². The van der Waals surface area contributed by atoms with Crippen LogP contribution in [0.2, 0.25) is 0 Å². The summed E-state index contributed by atoms with van der Waals surface area (Å²) in [5.41, 5.74) is 0. The molecular formula is C18H34O2. The summed E-state index contributed by atoms with van der Waals surface area (Å²) in [5, 5.41) is 21.6. The van der Waals surface area contributed by atoms with Gasteiger partial charge in [0.2, 0.25) is 0 Å². The molecule has 0 amide bonds. The Bertz CT molecular complexity index is 300. The van der Waals surface area contributed by atoms with Crippen LogP contribution < -0.4 is 0 Å². The summed E-state index contributed by atoms with van der Waals surface area (Å²) in [5.74, 6) is 2.79.